The molecule has 140 valence electrons. The molecule has 0 spiro atoms. The van der Waals surface area contributed by atoms with Gasteiger partial charge in [0.25, 0.3) is 5.91 Å². The van der Waals surface area contributed by atoms with Gasteiger partial charge in [0.1, 0.15) is 11.5 Å². The van der Waals surface area contributed by atoms with Crippen molar-refractivity contribution in [2.45, 2.75) is 37.9 Å². The van der Waals surface area contributed by atoms with Gasteiger partial charge in [0, 0.05) is 23.5 Å². The number of nitrogens with zero attached hydrogens (tertiary/aromatic N) is 3. The van der Waals surface area contributed by atoms with Crippen molar-refractivity contribution < 1.29 is 13.6 Å². The third-order valence-electron chi connectivity index (χ3n) is 5.19. The second kappa shape index (κ2) is 6.29. The molecule has 3 aromatic rings. The molecule has 0 bridgehead atoms. The number of nitrogens with two attached hydrogens (primary N) is 1. The van der Waals surface area contributed by atoms with E-state index in [1.165, 1.54) is 16.9 Å². The third-order valence-corrected chi connectivity index (χ3v) is 5.19. The molecule has 1 aliphatic carbocycles. The van der Waals surface area contributed by atoms with Gasteiger partial charge in [-0.3, -0.25) is 9.78 Å². The van der Waals surface area contributed by atoms with E-state index >= 15 is 0 Å². The van der Waals surface area contributed by atoms with Crippen LogP contribution in [0.25, 0.3) is 16.6 Å². The largest absolute Gasteiger partial charge is 0.377 e. The lowest BCUT2D eigenvalue weighted by Gasteiger charge is -2.26. The molecule has 1 saturated carbocycles. The van der Waals surface area contributed by atoms with E-state index in [9.17, 15) is 13.6 Å². The van der Waals surface area contributed by atoms with Crippen LogP contribution in [0.1, 0.15) is 36.5 Å². The Kier molecular flexibility index (Phi) is 4.05. The first-order chi connectivity index (χ1) is 12.9. The number of aromatic nitrogens is 3. The highest BCUT2D eigenvalue weighted by Gasteiger charge is 2.39. The lowest BCUT2D eigenvalue weighted by Crippen LogP contribution is -2.36. The molecule has 2 atom stereocenters. The second-order valence-electron chi connectivity index (χ2n) is 7.08. The molecule has 3 N–H and O–H groups in total. The third kappa shape index (κ3) is 3.01. The number of carbonyl (C=O) groups is 1. The minimum absolute atomic E-state index is 0.171. The first kappa shape index (κ1) is 17.4. The topological polar surface area (TPSA) is 85.3 Å². The van der Waals surface area contributed by atoms with Gasteiger partial charge in [0.15, 0.2) is 0 Å². The summed E-state index contributed by atoms with van der Waals surface area (Å²) in [5.41, 5.74) is 6.15. The van der Waals surface area contributed by atoms with Crippen LogP contribution in [0.2, 0.25) is 0 Å². The van der Waals surface area contributed by atoms with E-state index in [4.69, 9.17) is 5.73 Å². The summed E-state index contributed by atoms with van der Waals surface area (Å²) in [5.74, 6) is -1.13. The van der Waals surface area contributed by atoms with Crippen molar-refractivity contribution in [3.8, 4) is 11.1 Å². The zero-order valence-corrected chi connectivity index (χ0v) is 14.7. The van der Waals surface area contributed by atoms with Crippen LogP contribution < -0.4 is 11.1 Å². The van der Waals surface area contributed by atoms with E-state index in [2.05, 4.69) is 15.4 Å². The van der Waals surface area contributed by atoms with E-state index in [0.717, 1.165) is 12.6 Å². The van der Waals surface area contributed by atoms with Gasteiger partial charge in [-0.15, -0.1) is 0 Å². The van der Waals surface area contributed by atoms with Crippen molar-refractivity contribution in [3.05, 3.63) is 48.3 Å². The molecule has 6 nitrogen and oxygen atoms in total. The maximum absolute atomic E-state index is 14.8. The summed E-state index contributed by atoms with van der Waals surface area (Å²) in [4.78, 5) is 15.7. The number of carbonyl (C=O) groups excluding carboxylic acids is 1. The summed E-state index contributed by atoms with van der Waals surface area (Å²) in [5, 5.41) is 7.35. The highest BCUT2D eigenvalue weighted by molar-refractivity contribution is 6.02. The van der Waals surface area contributed by atoms with Crippen LogP contribution in [0.15, 0.2) is 36.9 Å². The van der Waals surface area contributed by atoms with Crippen LogP contribution in [-0.4, -0.2) is 32.2 Å². The molecule has 0 aliphatic heterocycles. The number of hydrogen-bond donors (Lipinski definition) is 2. The van der Waals surface area contributed by atoms with Crippen LogP contribution in [0.3, 0.4) is 0 Å². The molecule has 4 rings (SSSR count). The number of pyridine rings is 1. The van der Waals surface area contributed by atoms with Gasteiger partial charge >= 0.3 is 0 Å². The minimum Gasteiger partial charge on any atom is -0.377 e. The maximum atomic E-state index is 14.8. The van der Waals surface area contributed by atoms with E-state index in [-0.39, 0.29) is 5.56 Å². The summed E-state index contributed by atoms with van der Waals surface area (Å²) in [6.45, 7) is 1.55. The predicted octanol–water partition coefficient (Wildman–Crippen LogP) is 3.33. The number of amides is 1. The molecule has 27 heavy (non-hydrogen) atoms. The Morgan fingerprint density at radius 2 is 2.26 bits per heavy atom. The molecular formula is C19H19F2N5O. The zero-order chi connectivity index (χ0) is 19.2. The molecular weight excluding hydrogens is 352 g/mol. The maximum Gasteiger partial charge on any atom is 0.252 e. The summed E-state index contributed by atoms with van der Waals surface area (Å²) in [6, 6.07) is 2.81. The van der Waals surface area contributed by atoms with Gasteiger partial charge in [-0.1, -0.05) is 0 Å². The summed E-state index contributed by atoms with van der Waals surface area (Å²) >= 11 is 0. The van der Waals surface area contributed by atoms with Crippen molar-refractivity contribution in [3.63, 3.8) is 0 Å². The predicted molar refractivity (Wildman–Crippen MR) is 97.7 cm³/mol. The number of alkyl halides is 1. The number of hydrogen-bond acceptors (Lipinski definition) is 4. The van der Waals surface area contributed by atoms with Crippen molar-refractivity contribution in [2.24, 2.45) is 5.73 Å². The fourth-order valence-electron chi connectivity index (χ4n) is 3.68. The van der Waals surface area contributed by atoms with E-state index in [1.54, 1.807) is 25.3 Å². The fraction of sp³-hybridized carbons (Fsp3) is 0.316. The Morgan fingerprint density at radius 3 is 2.93 bits per heavy atom. The number of halogens is 2. The number of rotatable bonds is 4. The zero-order valence-electron chi connectivity index (χ0n) is 14.7. The van der Waals surface area contributed by atoms with Gasteiger partial charge < -0.3 is 11.1 Å². The molecule has 3 aromatic heterocycles. The number of primary amides is 1. The van der Waals surface area contributed by atoms with Crippen LogP contribution in [0.4, 0.5) is 14.5 Å². The van der Waals surface area contributed by atoms with E-state index < -0.39 is 23.4 Å². The molecule has 0 saturated heterocycles. The molecule has 1 fully saturated rings. The Balaban J connectivity index is 1.86. The highest BCUT2D eigenvalue weighted by Crippen LogP contribution is 2.37. The first-order valence-corrected chi connectivity index (χ1v) is 8.73. The standard InChI is InChI=1S/C19H19F2N5O/c1-19(21)5-2-3-16(19)25-17-13(18(22)27)8-24-26-10-11(7-15(17)26)12-4-6-23-9-14(12)20/h4,6-10,16,25H,2-3,5H2,1H3,(H2,22,27)/t16-,19+/m1/s1. The lowest BCUT2D eigenvalue weighted by atomic mass is 10.0. The lowest BCUT2D eigenvalue weighted by molar-refractivity contribution is 0.1000. The van der Waals surface area contributed by atoms with Crippen molar-refractivity contribution in [2.75, 3.05) is 5.32 Å². The minimum atomic E-state index is -1.39. The Labute approximate surface area is 154 Å². The smallest absolute Gasteiger partial charge is 0.252 e. The van der Waals surface area contributed by atoms with E-state index in [0.29, 0.717) is 35.2 Å². The normalized spacial score (nSPS) is 22.3. The van der Waals surface area contributed by atoms with Crippen LogP contribution >= 0.6 is 0 Å². The molecule has 1 amide bonds. The molecule has 1 aliphatic rings. The molecule has 0 aromatic carbocycles. The van der Waals surface area contributed by atoms with E-state index in [1.807, 2.05) is 0 Å². The fourth-order valence-corrected chi connectivity index (χ4v) is 3.68. The molecule has 8 heteroatoms. The quantitative estimate of drug-likeness (QED) is 0.737. The summed E-state index contributed by atoms with van der Waals surface area (Å²) in [6.07, 6.45) is 7.47. The van der Waals surface area contributed by atoms with Gasteiger partial charge in [-0.2, -0.15) is 5.10 Å². The van der Waals surface area contributed by atoms with Crippen LogP contribution in [0, 0.1) is 5.82 Å². The average molecular weight is 371 g/mol. The number of anilines is 1. The molecule has 0 unspecified atom stereocenters. The number of fused-ring (bicyclic) bond motifs is 1. The van der Waals surface area contributed by atoms with Crippen molar-refractivity contribution in [1.82, 2.24) is 14.6 Å². The van der Waals surface area contributed by atoms with Crippen LogP contribution in [0.5, 0.6) is 0 Å². The SMILES string of the molecule is C[C@]1(F)CCC[C@H]1Nc1c(C(N)=O)cnn2cc(-c3ccncc3F)cc12. The first-order valence-electron chi connectivity index (χ1n) is 8.73. The summed E-state index contributed by atoms with van der Waals surface area (Å²) < 4.78 is 30.4. The van der Waals surface area contributed by atoms with Gasteiger partial charge in [-0.05, 0) is 38.3 Å². The number of nitrogens with one attached hydrogen (secondary N) is 1. The van der Waals surface area contributed by atoms with Gasteiger partial charge in [-0.25, -0.2) is 13.3 Å². The summed E-state index contributed by atoms with van der Waals surface area (Å²) in [7, 11) is 0. The van der Waals surface area contributed by atoms with Gasteiger partial charge in [0.2, 0.25) is 0 Å². The highest BCUT2D eigenvalue weighted by atomic mass is 19.1. The molecule has 0 radical (unpaired) electrons. The average Bonchev–Trinajstić information content (AvgIpc) is 3.18. The Bertz CT molecular complexity index is 1030. The monoisotopic (exact) mass is 371 g/mol. The van der Waals surface area contributed by atoms with Gasteiger partial charge in [0.05, 0.1) is 35.2 Å². The Hall–Kier alpha value is -3.03. The second-order valence-corrected chi connectivity index (χ2v) is 7.08. The van der Waals surface area contributed by atoms with Crippen molar-refractivity contribution >= 4 is 17.1 Å². The van der Waals surface area contributed by atoms with Crippen LogP contribution in [-0.2, 0) is 0 Å². The Morgan fingerprint density at radius 1 is 1.44 bits per heavy atom. The van der Waals surface area contributed by atoms with Crippen molar-refractivity contribution in [1.29, 1.82) is 0 Å². The molecule has 3 heterocycles.